The van der Waals surface area contributed by atoms with Gasteiger partial charge in [-0.15, -0.1) is 12.4 Å². The molecule has 0 amide bonds. The van der Waals surface area contributed by atoms with Crippen molar-refractivity contribution in [2.75, 3.05) is 26.3 Å². The van der Waals surface area contributed by atoms with Crippen LogP contribution in [0.1, 0.15) is 31.7 Å². The van der Waals surface area contributed by atoms with E-state index < -0.39 is 10.0 Å². The van der Waals surface area contributed by atoms with Crippen LogP contribution in [0, 0.1) is 0 Å². The van der Waals surface area contributed by atoms with E-state index in [9.17, 15) is 8.42 Å². The first-order chi connectivity index (χ1) is 10.1. The van der Waals surface area contributed by atoms with Crippen LogP contribution in [0.3, 0.4) is 0 Å². The fourth-order valence-electron chi connectivity index (χ4n) is 2.85. The van der Waals surface area contributed by atoms with Gasteiger partial charge in [-0.3, -0.25) is 4.68 Å². The van der Waals surface area contributed by atoms with E-state index in [0.717, 1.165) is 32.2 Å². The van der Waals surface area contributed by atoms with E-state index in [1.54, 1.807) is 10.9 Å². The zero-order valence-corrected chi connectivity index (χ0v) is 14.0. The van der Waals surface area contributed by atoms with Gasteiger partial charge in [0.25, 0.3) is 0 Å². The molecule has 126 valence electrons. The highest BCUT2D eigenvalue weighted by molar-refractivity contribution is 7.89. The van der Waals surface area contributed by atoms with Crippen LogP contribution in [-0.4, -0.2) is 50.5 Å². The highest BCUT2D eigenvalue weighted by Gasteiger charge is 2.24. The maximum absolute atomic E-state index is 12.4. The van der Waals surface area contributed by atoms with Gasteiger partial charge in [-0.1, -0.05) is 0 Å². The molecule has 0 aromatic carbocycles. The Hall–Kier alpha value is -0.670. The van der Waals surface area contributed by atoms with Crippen LogP contribution in [0.5, 0.6) is 0 Å². The molecule has 2 N–H and O–H groups in total. The zero-order chi connectivity index (χ0) is 14.7. The number of aromatic nitrogens is 2. The summed E-state index contributed by atoms with van der Waals surface area (Å²) >= 11 is 0. The van der Waals surface area contributed by atoms with E-state index in [2.05, 4.69) is 15.1 Å². The first-order valence-electron chi connectivity index (χ1n) is 7.50. The summed E-state index contributed by atoms with van der Waals surface area (Å²) in [5.74, 6) is 0. The van der Waals surface area contributed by atoms with E-state index in [1.807, 2.05) is 0 Å². The van der Waals surface area contributed by atoms with Crippen LogP contribution in [-0.2, 0) is 14.8 Å². The number of ether oxygens (including phenoxy) is 1. The summed E-state index contributed by atoms with van der Waals surface area (Å²) in [6.45, 7) is 3.06. The van der Waals surface area contributed by atoms with Crippen LogP contribution in [0.4, 0.5) is 0 Å². The molecule has 0 bridgehead atoms. The quantitative estimate of drug-likeness (QED) is 0.834. The third-order valence-corrected chi connectivity index (χ3v) is 5.55. The minimum Gasteiger partial charge on any atom is -0.381 e. The molecule has 7 nitrogen and oxygen atoms in total. The summed E-state index contributed by atoms with van der Waals surface area (Å²) in [4.78, 5) is 0.250. The highest BCUT2D eigenvalue weighted by atomic mass is 35.5. The van der Waals surface area contributed by atoms with Crippen LogP contribution in [0.15, 0.2) is 17.3 Å². The van der Waals surface area contributed by atoms with Crippen molar-refractivity contribution < 1.29 is 13.2 Å². The lowest BCUT2D eigenvalue weighted by Gasteiger charge is -2.23. The molecule has 2 aliphatic heterocycles. The number of nitrogens with one attached hydrogen (secondary N) is 2. The SMILES string of the molecule is Cl.O=S(=O)(NC1CCCNC1)c1cnn(C2CCOCC2)c1. The van der Waals surface area contributed by atoms with Crippen molar-refractivity contribution in [2.45, 2.75) is 42.7 Å². The van der Waals surface area contributed by atoms with Gasteiger partial charge in [0, 0.05) is 32.0 Å². The summed E-state index contributed by atoms with van der Waals surface area (Å²) in [6, 6.07) is 0.203. The number of piperidine rings is 1. The molecule has 0 spiro atoms. The second kappa shape index (κ2) is 7.74. The Morgan fingerprint density at radius 2 is 2.09 bits per heavy atom. The van der Waals surface area contributed by atoms with Crippen molar-refractivity contribution in [3.63, 3.8) is 0 Å². The van der Waals surface area contributed by atoms with Gasteiger partial charge in [-0.2, -0.15) is 5.10 Å². The Labute approximate surface area is 137 Å². The number of sulfonamides is 1. The van der Waals surface area contributed by atoms with Gasteiger partial charge >= 0.3 is 0 Å². The number of hydrogen-bond donors (Lipinski definition) is 2. The molecular formula is C13H23ClN4O3S. The van der Waals surface area contributed by atoms with Gasteiger partial charge in [0.15, 0.2) is 0 Å². The lowest BCUT2D eigenvalue weighted by Crippen LogP contribution is -2.45. The van der Waals surface area contributed by atoms with E-state index >= 15 is 0 Å². The molecule has 1 aromatic rings. The van der Waals surface area contributed by atoms with Crippen LogP contribution in [0.2, 0.25) is 0 Å². The van der Waals surface area contributed by atoms with Gasteiger partial charge in [0.2, 0.25) is 10.0 Å². The summed E-state index contributed by atoms with van der Waals surface area (Å²) in [6.07, 6.45) is 6.69. The molecule has 1 atom stereocenters. The Kier molecular flexibility index (Phi) is 6.22. The second-order valence-electron chi connectivity index (χ2n) is 5.66. The van der Waals surface area contributed by atoms with Gasteiger partial charge in [0.05, 0.1) is 12.2 Å². The first-order valence-corrected chi connectivity index (χ1v) is 8.98. The molecule has 0 saturated carbocycles. The molecule has 2 saturated heterocycles. The Bertz CT molecular complexity index is 566. The third kappa shape index (κ3) is 4.20. The molecular weight excluding hydrogens is 328 g/mol. The smallest absolute Gasteiger partial charge is 0.243 e. The summed E-state index contributed by atoms with van der Waals surface area (Å²) in [5.41, 5.74) is 0. The maximum Gasteiger partial charge on any atom is 0.243 e. The number of halogens is 1. The molecule has 0 radical (unpaired) electrons. The predicted octanol–water partition coefficient (Wildman–Crippen LogP) is 0.687. The van der Waals surface area contributed by atoms with Crippen molar-refractivity contribution >= 4 is 22.4 Å². The normalized spacial score (nSPS) is 23.9. The van der Waals surface area contributed by atoms with Crippen LogP contribution < -0.4 is 10.0 Å². The van der Waals surface area contributed by atoms with Crippen molar-refractivity contribution in [3.05, 3.63) is 12.4 Å². The molecule has 3 heterocycles. The molecule has 2 aliphatic rings. The van der Waals surface area contributed by atoms with Crippen molar-refractivity contribution in [1.29, 1.82) is 0 Å². The third-order valence-electron chi connectivity index (χ3n) is 4.07. The summed E-state index contributed by atoms with van der Waals surface area (Å²) in [7, 11) is -3.48. The molecule has 3 rings (SSSR count). The maximum atomic E-state index is 12.4. The fourth-order valence-corrected chi connectivity index (χ4v) is 4.06. The van der Waals surface area contributed by atoms with E-state index in [0.29, 0.717) is 19.8 Å². The average molecular weight is 351 g/mol. The molecule has 9 heteroatoms. The van der Waals surface area contributed by atoms with E-state index in [1.165, 1.54) is 6.20 Å². The van der Waals surface area contributed by atoms with E-state index in [4.69, 9.17) is 4.74 Å². The lowest BCUT2D eigenvalue weighted by atomic mass is 10.1. The number of nitrogens with zero attached hydrogens (tertiary/aromatic N) is 2. The van der Waals surface area contributed by atoms with Crippen LogP contribution >= 0.6 is 12.4 Å². The average Bonchev–Trinajstić information content (AvgIpc) is 2.99. The predicted molar refractivity (Wildman–Crippen MR) is 84.8 cm³/mol. The van der Waals surface area contributed by atoms with Gasteiger partial charge in [-0.25, -0.2) is 13.1 Å². The standard InChI is InChI=1S/C13H22N4O3S.ClH/c18-21(19,16-11-2-1-5-14-8-11)13-9-15-17(10-13)12-3-6-20-7-4-12;/h9-12,14,16H,1-8H2;1H. The number of rotatable bonds is 4. The monoisotopic (exact) mass is 350 g/mol. The highest BCUT2D eigenvalue weighted by Crippen LogP contribution is 2.21. The van der Waals surface area contributed by atoms with Crippen LogP contribution in [0.25, 0.3) is 0 Å². The molecule has 0 aliphatic carbocycles. The summed E-state index contributed by atoms with van der Waals surface area (Å²) < 4.78 is 34.6. The van der Waals surface area contributed by atoms with Crippen molar-refractivity contribution in [2.24, 2.45) is 0 Å². The topological polar surface area (TPSA) is 85.3 Å². The summed E-state index contributed by atoms with van der Waals surface area (Å²) in [5, 5.41) is 7.43. The molecule has 1 unspecified atom stereocenters. The van der Waals surface area contributed by atoms with Crippen molar-refractivity contribution in [3.8, 4) is 0 Å². The lowest BCUT2D eigenvalue weighted by molar-refractivity contribution is 0.0662. The first kappa shape index (κ1) is 17.7. The minimum atomic E-state index is -3.48. The fraction of sp³-hybridized carbons (Fsp3) is 0.769. The van der Waals surface area contributed by atoms with Gasteiger partial charge in [-0.05, 0) is 32.2 Å². The Morgan fingerprint density at radius 1 is 1.32 bits per heavy atom. The Morgan fingerprint density at radius 3 is 2.77 bits per heavy atom. The largest absolute Gasteiger partial charge is 0.381 e. The molecule has 2 fully saturated rings. The van der Waals surface area contributed by atoms with E-state index in [-0.39, 0.29) is 29.4 Å². The second-order valence-corrected chi connectivity index (χ2v) is 7.38. The van der Waals surface area contributed by atoms with Crippen molar-refractivity contribution in [1.82, 2.24) is 19.8 Å². The molecule has 22 heavy (non-hydrogen) atoms. The van der Waals surface area contributed by atoms with Gasteiger partial charge in [0.1, 0.15) is 4.90 Å². The zero-order valence-electron chi connectivity index (χ0n) is 12.4. The number of hydrogen-bond acceptors (Lipinski definition) is 5. The van der Waals surface area contributed by atoms with Gasteiger partial charge < -0.3 is 10.1 Å². The minimum absolute atomic E-state index is 0. The Balaban J connectivity index is 0.00000176. The molecule has 1 aromatic heterocycles.